The summed E-state index contributed by atoms with van der Waals surface area (Å²) < 4.78 is 12.3. The lowest BCUT2D eigenvalue weighted by Crippen LogP contribution is -2.07. The van der Waals surface area contributed by atoms with Gasteiger partial charge in [0.25, 0.3) is 0 Å². The van der Waals surface area contributed by atoms with Gasteiger partial charge in [0.2, 0.25) is 5.95 Å². The number of hydrogen-bond acceptors (Lipinski definition) is 2. The minimum atomic E-state index is -0.560. The summed E-state index contributed by atoms with van der Waals surface area (Å²) in [4.78, 5) is 14.7. The number of ketones is 1. The highest BCUT2D eigenvalue weighted by molar-refractivity contribution is 5.97. The minimum absolute atomic E-state index is 0.0116. The Morgan fingerprint density at radius 1 is 1.36 bits per heavy atom. The Bertz CT molecular complexity index is 280. The second-order valence-electron chi connectivity index (χ2n) is 2.89. The molecule has 0 aliphatic rings. The second kappa shape index (κ2) is 6.24. The van der Waals surface area contributed by atoms with Crippen molar-refractivity contribution in [3.63, 3.8) is 0 Å². The van der Waals surface area contributed by atoms with Gasteiger partial charge in [0.1, 0.15) is 0 Å². The van der Waals surface area contributed by atoms with E-state index in [1.807, 2.05) is 13.8 Å². The molecule has 0 saturated carbocycles. The van der Waals surface area contributed by atoms with Gasteiger partial charge in [-0.25, -0.2) is 4.98 Å². The Hall–Kier alpha value is -1.25. The van der Waals surface area contributed by atoms with Crippen molar-refractivity contribution >= 4 is 5.78 Å². The molecule has 78 valence electrons. The van der Waals surface area contributed by atoms with E-state index in [9.17, 15) is 9.18 Å². The predicted molar refractivity (Wildman–Crippen MR) is 54.7 cm³/mol. The summed E-state index contributed by atoms with van der Waals surface area (Å²) in [5, 5.41) is 0. The molecule has 0 spiro atoms. The molecule has 1 aromatic rings. The zero-order valence-electron chi connectivity index (χ0n) is 9.04. The number of hydrogen-bond donors (Lipinski definition) is 0. The fourth-order valence-corrected chi connectivity index (χ4v) is 0.855. The van der Waals surface area contributed by atoms with Crippen molar-refractivity contribution in [1.29, 1.82) is 0 Å². The summed E-state index contributed by atoms with van der Waals surface area (Å²) in [6.07, 6.45) is 1.26. The maximum absolute atomic E-state index is 12.3. The lowest BCUT2D eigenvalue weighted by molar-refractivity contribution is 0.0939. The number of Topliss-reactive ketones (excluding diaryl/α,β-unsaturated/α-hetero) is 1. The van der Waals surface area contributed by atoms with Crippen molar-refractivity contribution in [2.75, 3.05) is 0 Å². The molecule has 14 heavy (non-hydrogen) atoms. The Labute approximate surface area is 84.2 Å². The molecule has 0 aliphatic carbocycles. The van der Waals surface area contributed by atoms with Crippen LogP contribution in [0.4, 0.5) is 4.39 Å². The van der Waals surface area contributed by atoms with E-state index in [1.165, 1.54) is 18.3 Å². The zero-order chi connectivity index (χ0) is 11.1. The summed E-state index contributed by atoms with van der Waals surface area (Å²) >= 11 is 0. The molecule has 1 rings (SSSR count). The monoisotopic (exact) mass is 196 g/mol. The first-order chi connectivity index (χ1) is 6.61. The fraction of sp³-hybridized carbons (Fsp3) is 0.455. The third-order valence-electron chi connectivity index (χ3n) is 1.54. The van der Waals surface area contributed by atoms with Crippen molar-refractivity contribution in [3.05, 3.63) is 29.8 Å². The summed E-state index contributed by atoms with van der Waals surface area (Å²) in [5.41, 5.74) is 0.464. The van der Waals surface area contributed by atoms with Crippen LogP contribution < -0.4 is 0 Å². The van der Waals surface area contributed by atoms with Crippen LogP contribution in [-0.2, 0) is 0 Å². The Morgan fingerprint density at radius 3 is 2.29 bits per heavy atom. The summed E-state index contributed by atoms with van der Waals surface area (Å²) in [6.45, 7) is 7.59. The number of aromatic nitrogens is 1. The second-order valence-corrected chi connectivity index (χ2v) is 2.89. The molecular formula is C11H16FNO. The van der Waals surface area contributed by atoms with Gasteiger partial charge >= 0.3 is 0 Å². The van der Waals surface area contributed by atoms with Crippen LogP contribution >= 0.6 is 0 Å². The summed E-state index contributed by atoms with van der Waals surface area (Å²) in [7, 11) is 0. The van der Waals surface area contributed by atoms with Crippen LogP contribution in [0.1, 0.15) is 38.1 Å². The van der Waals surface area contributed by atoms with Gasteiger partial charge in [-0.2, -0.15) is 4.39 Å². The Balaban J connectivity index is 0.000000791. The normalized spacial score (nSPS) is 9.29. The molecule has 0 aromatic carbocycles. The molecule has 1 heterocycles. The van der Waals surface area contributed by atoms with Gasteiger partial charge in [-0.15, -0.1) is 0 Å². The van der Waals surface area contributed by atoms with E-state index in [0.717, 1.165) is 0 Å². The molecule has 0 N–H and O–H groups in total. The van der Waals surface area contributed by atoms with Gasteiger partial charge in [-0.3, -0.25) is 4.79 Å². The number of halogens is 1. The maximum atomic E-state index is 12.3. The third kappa shape index (κ3) is 3.64. The first-order valence-electron chi connectivity index (χ1n) is 4.77. The van der Waals surface area contributed by atoms with Gasteiger partial charge in [-0.1, -0.05) is 27.7 Å². The van der Waals surface area contributed by atoms with Gasteiger partial charge in [0, 0.05) is 17.7 Å². The smallest absolute Gasteiger partial charge is 0.212 e. The van der Waals surface area contributed by atoms with Crippen LogP contribution in [0.2, 0.25) is 0 Å². The molecule has 0 radical (unpaired) electrons. The largest absolute Gasteiger partial charge is 0.294 e. The van der Waals surface area contributed by atoms with E-state index >= 15 is 0 Å². The van der Waals surface area contributed by atoms with Gasteiger partial charge in [-0.05, 0) is 12.1 Å². The van der Waals surface area contributed by atoms with E-state index in [-0.39, 0.29) is 11.7 Å². The van der Waals surface area contributed by atoms with Crippen LogP contribution in [0.25, 0.3) is 0 Å². The van der Waals surface area contributed by atoms with Crippen molar-refractivity contribution < 1.29 is 9.18 Å². The van der Waals surface area contributed by atoms with Crippen LogP contribution in [0.3, 0.4) is 0 Å². The molecule has 0 saturated heterocycles. The highest BCUT2D eigenvalue weighted by Crippen LogP contribution is 2.06. The summed E-state index contributed by atoms with van der Waals surface area (Å²) in [6, 6.07) is 2.64. The highest BCUT2D eigenvalue weighted by atomic mass is 18.2. The molecule has 0 aliphatic heterocycles. The molecule has 0 atom stereocenters. The molecule has 2 nitrogen and oxygen atoms in total. The topological polar surface area (TPSA) is 30.0 Å². The number of nitrogens with zero attached hydrogens (tertiary/aromatic N) is 1. The molecule has 3 heteroatoms. The molecule has 0 fully saturated rings. The van der Waals surface area contributed by atoms with Crippen molar-refractivity contribution in [1.82, 2.24) is 4.98 Å². The van der Waals surface area contributed by atoms with Gasteiger partial charge in [0.15, 0.2) is 5.78 Å². The van der Waals surface area contributed by atoms with Gasteiger partial charge < -0.3 is 0 Å². The van der Waals surface area contributed by atoms with Crippen LogP contribution in [-0.4, -0.2) is 10.8 Å². The molecule has 0 unspecified atom stereocenters. The Morgan fingerprint density at radius 2 is 1.93 bits per heavy atom. The van der Waals surface area contributed by atoms with Crippen molar-refractivity contribution in [3.8, 4) is 0 Å². The van der Waals surface area contributed by atoms with Gasteiger partial charge in [0.05, 0.1) is 0 Å². The van der Waals surface area contributed by atoms with Crippen LogP contribution in [0, 0.1) is 11.9 Å². The van der Waals surface area contributed by atoms with E-state index in [0.29, 0.717) is 5.56 Å². The maximum Gasteiger partial charge on any atom is 0.212 e. The van der Waals surface area contributed by atoms with E-state index in [4.69, 9.17) is 0 Å². The summed E-state index contributed by atoms with van der Waals surface area (Å²) in [5.74, 6) is -0.643. The minimum Gasteiger partial charge on any atom is -0.294 e. The average molecular weight is 196 g/mol. The zero-order valence-corrected chi connectivity index (χ0v) is 9.04. The standard InChI is InChI=1S/C9H10FNO.C2H6/c1-6(2)9(12)7-3-4-8(10)11-5-7;1-2/h3-6H,1-2H3;1-2H3/i10-1;. The first kappa shape index (κ1) is 12.8. The number of carbonyl (C=O) groups excluding carboxylic acids is 1. The van der Waals surface area contributed by atoms with E-state index in [1.54, 1.807) is 13.8 Å². The third-order valence-corrected chi connectivity index (χ3v) is 1.54. The molecule has 1 aromatic heterocycles. The quantitative estimate of drug-likeness (QED) is 0.537. The van der Waals surface area contributed by atoms with Crippen LogP contribution in [0.5, 0.6) is 0 Å². The Kier molecular flexibility index (Phi) is 5.68. The number of carbonyl (C=O) groups is 1. The molecule has 0 bridgehead atoms. The van der Waals surface area contributed by atoms with Crippen molar-refractivity contribution in [2.24, 2.45) is 5.92 Å². The lowest BCUT2D eigenvalue weighted by Gasteiger charge is -2.01. The van der Waals surface area contributed by atoms with E-state index < -0.39 is 5.95 Å². The average Bonchev–Trinajstić information content (AvgIpc) is 2.21. The number of rotatable bonds is 2. The number of pyridine rings is 1. The fourth-order valence-electron chi connectivity index (χ4n) is 0.855. The molecular weight excluding hydrogens is 180 g/mol. The van der Waals surface area contributed by atoms with E-state index in [2.05, 4.69) is 4.98 Å². The molecule has 0 amide bonds. The SMILES string of the molecule is CC.CC(C)C(=O)c1ccc([18F])nc1. The lowest BCUT2D eigenvalue weighted by atomic mass is 10.0. The first-order valence-corrected chi connectivity index (χ1v) is 4.77. The van der Waals surface area contributed by atoms with Crippen molar-refractivity contribution in [2.45, 2.75) is 27.7 Å². The highest BCUT2D eigenvalue weighted by Gasteiger charge is 2.09. The van der Waals surface area contributed by atoms with Crippen LogP contribution in [0.15, 0.2) is 18.3 Å². The predicted octanol–water partition coefficient (Wildman–Crippen LogP) is 3.09.